The van der Waals surface area contributed by atoms with Gasteiger partial charge in [0.2, 0.25) is 0 Å². The average molecular weight is 547 g/mol. The predicted molar refractivity (Wildman–Crippen MR) is 179 cm³/mol. The van der Waals surface area contributed by atoms with Gasteiger partial charge in [-0.2, -0.15) is 0 Å². The molecular weight excluding hydrogens is 504 g/mol. The molecule has 0 aliphatic heterocycles. The third-order valence-electron chi connectivity index (χ3n) is 10.0. The fraction of sp³-hybridized carbons (Fsp3) is 0.286. The van der Waals surface area contributed by atoms with E-state index in [2.05, 4.69) is 159 Å². The Balaban J connectivity index is 1.57. The van der Waals surface area contributed by atoms with E-state index in [4.69, 9.17) is 0 Å². The molecule has 5 aromatic rings. The van der Waals surface area contributed by atoms with Gasteiger partial charge in [0, 0.05) is 5.92 Å². The van der Waals surface area contributed by atoms with Crippen LogP contribution in [0.1, 0.15) is 104 Å². The van der Waals surface area contributed by atoms with E-state index in [0.29, 0.717) is 5.92 Å². The van der Waals surface area contributed by atoms with E-state index in [1.54, 1.807) is 0 Å². The molecule has 0 amide bonds. The molecule has 1 unspecified atom stereocenters. The van der Waals surface area contributed by atoms with Crippen LogP contribution in [0.15, 0.2) is 103 Å². The minimum Gasteiger partial charge on any atom is -0.0619 e. The molecule has 0 N–H and O–H groups in total. The highest BCUT2D eigenvalue weighted by Crippen LogP contribution is 2.59. The maximum absolute atomic E-state index is 2.55. The first-order valence-electron chi connectivity index (χ1n) is 15.5. The van der Waals surface area contributed by atoms with Crippen LogP contribution in [0.5, 0.6) is 0 Å². The lowest BCUT2D eigenvalue weighted by Crippen LogP contribution is -2.29. The largest absolute Gasteiger partial charge is 0.0713 e. The molecule has 0 nitrogen and oxygen atoms in total. The van der Waals surface area contributed by atoms with Crippen LogP contribution in [0.2, 0.25) is 0 Å². The van der Waals surface area contributed by atoms with Gasteiger partial charge in [-0.25, -0.2) is 0 Å². The van der Waals surface area contributed by atoms with Crippen LogP contribution in [0.25, 0.3) is 22.3 Å². The summed E-state index contributed by atoms with van der Waals surface area (Å²) in [5.74, 6) is 0.388. The molecule has 0 spiro atoms. The number of fused-ring (bicyclic) bond motifs is 6. The van der Waals surface area contributed by atoms with Crippen LogP contribution in [-0.2, 0) is 16.2 Å². The molecule has 0 heteroatoms. The molecule has 1 atom stereocenters. The average Bonchev–Trinajstić information content (AvgIpc) is 3.40. The molecule has 0 fully saturated rings. The monoisotopic (exact) mass is 546 g/mol. The number of hydrogen-bond acceptors (Lipinski definition) is 0. The Morgan fingerprint density at radius 2 is 1.05 bits per heavy atom. The predicted octanol–water partition coefficient (Wildman–Crippen LogP) is 11.1. The van der Waals surface area contributed by atoms with Crippen molar-refractivity contribution in [1.82, 2.24) is 0 Å². The van der Waals surface area contributed by atoms with Gasteiger partial charge in [0.15, 0.2) is 0 Å². The summed E-state index contributed by atoms with van der Waals surface area (Å²) in [7, 11) is 0. The van der Waals surface area contributed by atoms with Gasteiger partial charge in [0.25, 0.3) is 0 Å². The molecule has 2 aliphatic rings. The SMILES string of the molecule is Cc1ccc2c(c1)C(C)c1cc3c(cc1-2)C(c1ccc(C(C)(C)C)cc1)(c1ccc(C(C)(C)C)cc1)c1ccccc1-3. The normalized spacial score (nSPS) is 16.5. The fourth-order valence-electron chi connectivity index (χ4n) is 7.61. The van der Waals surface area contributed by atoms with E-state index in [9.17, 15) is 0 Å². The van der Waals surface area contributed by atoms with Crippen molar-refractivity contribution in [2.45, 2.75) is 77.6 Å². The van der Waals surface area contributed by atoms with E-state index in [-0.39, 0.29) is 10.8 Å². The Labute approximate surface area is 252 Å². The fourth-order valence-corrected chi connectivity index (χ4v) is 7.61. The molecule has 42 heavy (non-hydrogen) atoms. The van der Waals surface area contributed by atoms with Crippen LogP contribution < -0.4 is 0 Å². The van der Waals surface area contributed by atoms with Crippen molar-refractivity contribution in [2.24, 2.45) is 0 Å². The van der Waals surface area contributed by atoms with E-state index >= 15 is 0 Å². The van der Waals surface area contributed by atoms with Gasteiger partial charge in [0.1, 0.15) is 0 Å². The smallest absolute Gasteiger partial charge is 0.0619 e. The molecule has 5 aromatic carbocycles. The number of hydrogen-bond donors (Lipinski definition) is 0. The Bertz CT molecular complexity index is 1780. The molecule has 0 heterocycles. The van der Waals surface area contributed by atoms with Crippen molar-refractivity contribution in [3.05, 3.63) is 153 Å². The second-order valence-corrected chi connectivity index (χ2v) is 14.7. The lowest BCUT2D eigenvalue weighted by atomic mass is 9.66. The zero-order chi connectivity index (χ0) is 29.6. The van der Waals surface area contributed by atoms with Crippen LogP contribution in [0.4, 0.5) is 0 Å². The van der Waals surface area contributed by atoms with Crippen LogP contribution in [-0.4, -0.2) is 0 Å². The topological polar surface area (TPSA) is 0 Å². The molecule has 2 aliphatic carbocycles. The summed E-state index contributed by atoms with van der Waals surface area (Å²) >= 11 is 0. The highest BCUT2D eigenvalue weighted by atomic mass is 14.5. The highest BCUT2D eigenvalue weighted by molar-refractivity contribution is 5.91. The second kappa shape index (κ2) is 9.05. The lowest BCUT2D eigenvalue weighted by Gasteiger charge is -2.35. The number of rotatable bonds is 2. The van der Waals surface area contributed by atoms with Gasteiger partial charge in [-0.05, 0) is 96.6 Å². The zero-order valence-corrected chi connectivity index (χ0v) is 26.4. The van der Waals surface area contributed by atoms with Gasteiger partial charge < -0.3 is 0 Å². The van der Waals surface area contributed by atoms with E-state index < -0.39 is 5.41 Å². The Hall–Kier alpha value is -3.90. The van der Waals surface area contributed by atoms with E-state index in [1.165, 1.54) is 72.3 Å². The van der Waals surface area contributed by atoms with Crippen molar-refractivity contribution in [1.29, 1.82) is 0 Å². The lowest BCUT2D eigenvalue weighted by molar-refractivity contribution is 0.588. The minimum absolute atomic E-state index is 0.102. The third kappa shape index (κ3) is 3.81. The molecule has 0 aromatic heterocycles. The summed E-state index contributed by atoms with van der Waals surface area (Å²) in [6.45, 7) is 18.4. The summed E-state index contributed by atoms with van der Waals surface area (Å²) in [5.41, 5.74) is 17.7. The van der Waals surface area contributed by atoms with Crippen LogP contribution >= 0.6 is 0 Å². The summed E-state index contributed by atoms with van der Waals surface area (Å²) < 4.78 is 0. The minimum atomic E-state index is -0.398. The zero-order valence-electron chi connectivity index (χ0n) is 26.4. The molecular formula is C42H42. The maximum atomic E-state index is 2.55. The summed E-state index contributed by atoms with van der Waals surface area (Å²) in [6.07, 6.45) is 0. The second-order valence-electron chi connectivity index (χ2n) is 14.7. The van der Waals surface area contributed by atoms with E-state index in [1.807, 2.05) is 0 Å². The number of benzene rings is 5. The Kier molecular flexibility index (Phi) is 5.81. The molecule has 0 saturated carbocycles. The standard InChI is InChI=1S/C42H42/c1-26-13-22-32-34(23-26)27(2)35-24-37-33-11-9-10-12-38(33)42(39(37)25-36(32)35,30-18-14-28(15-19-30)40(3,4)5)31-20-16-29(17-21-31)41(6,7)8/h9-25,27H,1-8H3. The van der Waals surface area contributed by atoms with Crippen molar-refractivity contribution in [3.8, 4) is 22.3 Å². The van der Waals surface area contributed by atoms with Crippen LogP contribution in [0, 0.1) is 6.92 Å². The van der Waals surface area contributed by atoms with Gasteiger partial charge in [-0.3, -0.25) is 0 Å². The summed E-state index contributed by atoms with van der Waals surface area (Å²) in [4.78, 5) is 0. The van der Waals surface area contributed by atoms with Crippen LogP contribution in [0.3, 0.4) is 0 Å². The summed E-state index contributed by atoms with van der Waals surface area (Å²) in [5, 5.41) is 0. The van der Waals surface area contributed by atoms with Crippen molar-refractivity contribution >= 4 is 0 Å². The van der Waals surface area contributed by atoms with E-state index in [0.717, 1.165) is 0 Å². The van der Waals surface area contributed by atoms with Crippen molar-refractivity contribution in [2.75, 3.05) is 0 Å². The highest BCUT2D eigenvalue weighted by Gasteiger charge is 2.47. The molecule has 210 valence electrons. The first-order chi connectivity index (χ1) is 19.9. The molecule has 0 bridgehead atoms. The molecule has 0 saturated heterocycles. The Morgan fingerprint density at radius 1 is 0.500 bits per heavy atom. The van der Waals surface area contributed by atoms with Gasteiger partial charge in [-0.15, -0.1) is 0 Å². The Morgan fingerprint density at radius 3 is 1.62 bits per heavy atom. The first-order valence-corrected chi connectivity index (χ1v) is 15.5. The molecule has 0 radical (unpaired) electrons. The van der Waals surface area contributed by atoms with Crippen molar-refractivity contribution in [3.63, 3.8) is 0 Å². The first kappa shape index (κ1) is 27.0. The van der Waals surface area contributed by atoms with Crippen molar-refractivity contribution < 1.29 is 0 Å². The number of aryl methyl sites for hydroxylation is 1. The van der Waals surface area contributed by atoms with Gasteiger partial charge in [0.05, 0.1) is 5.41 Å². The maximum Gasteiger partial charge on any atom is 0.0713 e. The third-order valence-corrected chi connectivity index (χ3v) is 10.0. The quantitative estimate of drug-likeness (QED) is 0.203. The summed E-state index contributed by atoms with van der Waals surface area (Å²) in [6, 6.07) is 40.3. The van der Waals surface area contributed by atoms with Gasteiger partial charge in [-0.1, -0.05) is 145 Å². The van der Waals surface area contributed by atoms with Gasteiger partial charge >= 0.3 is 0 Å². The molecule has 7 rings (SSSR count).